The van der Waals surface area contributed by atoms with Crippen molar-refractivity contribution in [3.8, 4) is 17.3 Å². The number of benzene rings is 1. The van der Waals surface area contributed by atoms with Crippen LogP contribution in [0.1, 0.15) is 5.69 Å². The van der Waals surface area contributed by atoms with Gasteiger partial charge in [0.25, 0.3) is 5.89 Å². The average molecular weight is 359 g/mol. The Morgan fingerprint density at radius 3 is 2.72 bits per heavy atom. The van der Waals surface area contributed by atoms with E-state index < -0.39 is 0 Å². The second-order valence-corrected chi connectivity index (χ2v) is 6.27. The first kappa shape index (κ1) is 17.0. The molecule has 2 heterocycles. The lowest BCUT2D eigenvalue weighted by Crippen LogP contribution is -2.14. The van der Waals surface area contributed by atoms with E-state index in [1.807, 2.05) is 37.3 Å². The molecule has 1 amide bonds. The summed E-state index contributed by atoms with van der Waals surface area (Å²) in [5.74, 6) is 1.09. The Bertz CT molecular complexity index is 872. The van der Waals surface area contributed by atoms with Crippen LogP contribution in [0.2, 0.25) is 0 Å². The van der Waals surface area contributed by atoms with Crippen LogP contribution in [0.5, 0.6) is 5.75 Å². The van der Waals surface area contributed by atoms with Crippen molar-refractivity contribution in [3.05, 3.63) is 36.0 Å². The molecular weight excluding hydrogens is 342 g/mol. The number of methoxy groups -OCH3 is 1. The number of carbonyl (C=O) groups excluding carboxylic acids is 1. The van der Waals surface area contributed by atoms with Crippen LogP contribution in [0.15, 0.2) is 39.6 Å². The minimum Gasteiger partial charge on any atom is -0.497 e. The molecule has 8 nitrogen and oxygen atoms in total. The third-order valence-electron chi connectivity index (χ3n) is 3.32. The molecule has 3 aromatic rings. The van der Waals surface area contributed by atoms with Gasteiger partial charge < -0.3 is 9.15 Å². The molecule has 3 rings (SSSR count). The summed E-state index contributed by atoms with van der Waals surface area (Å²) in [6.07, 6.45) is 0. The highest BCUT2D eigenvalue weighted by molar-refractivity contribution is 8.00. The van der Waals surface area contributed by atoms with Gasteiger partial charge in [0, 0.05) is 11.9 Å². The molecule has 25 heavy (non-hydrogen) atoms. The van der Waals surface area contributed by atoms with Crippen molar-refractivity contribution < 1.29 is 13.9 Å². The van der Waals surface area contributed by atoms with Crippen molar-refractivity contribution in [2.24, 2.45) is 7.05 Å². The number of hydrogen-bond donors (Lipinski definition) is 1. The number of amides is 1. The number of ether oxygens (including phenoxy) is 1. The summed E-state index contributed by atoms with van der Waals surface area (Å²) in [7, 11) is 3.40. The minimum absolute atomic E-state index is 0.0641. The van der Waals surface area contributed by atoms with Crippen LogP contribution in [-0.2, 0) is 11.8 Å². The van der Waals surface area contributed by atoms with Gasteiger partial charge in [-0.2, -0.15) is 5.10 Å². The van der Waals surface area contributed by atoms with Gasteiger partial charge in [-0.3, -0.25) is 14.8 Å². The monoisotopic (exact) mass is 359 g/mol. The average Bonchev–Trinajstić information content (AvgIpc) is 3.19. The lowest BCUT2D eigenvalue weighted by Gasteiger charge is -2.03. The zero-order valence-corrected chi connectivity index (χ0v) is 14.8. The van der Waals surface area contributed by atoms with E-state index in [9.17, 15) is 4.79 Å². The number of hydrogen-bond acceptors (Lipinski definition) is 7. The van der Waals surface area contributed by atoms with Gasteiger partial charge in [0.1, 0.15) is 11.4 Å². The van der Waals surface area contributed by atoms with Gasteiger partial charge in [-0.25, -0.2) is 0 Å². The molecule has 130 valence electrons. The summed E-state index contributed by atoms with van der Waals surface area (Å²) in [4.78, 5) is 13.0. The minimum atomic E-state index is -0.225. The van der Waals surface area contributed by atoms with Gasteiger partial charge in [-0.1, -0.05) is 5.10 Å². The molecule has 0 spiro atoms. The Morgan fingerprint density at radius 1 is 1.32 bits per heavy atom. The molecule has 0 saturated carbocycles. The lowest BCUT2D eigenvalue weighted by atomic mass is 10.3. The molecule has 0 fully saturated rings. The first-order chi connectivity index (χ1) is 12.0. The first-order valence-corrected chi connectivity index (χ1v) is 8.45. The predicted octanol–water partition coefficient (Wildman–Crippen LogP) is 2.52. The molecule has 0 unspecified atom stereocenters. The van der Waals surface area contributed by atoms with Crippen LogP contribution in [0.4, 0.5) is 6.01 Å². The Morgan fingerprint density at radius 2 is 2.08 bits per heavy atom. The van der Waals surface area contributed by atoms with Crippen LogP contribution in [-0.4, -0.2) is 38.7 Å². The molecule has 0 atom stereocenters. The van der Waals surface area contributed by atoms with E-state index in [-0.39, 0.29) is 17.7 Å². The van der Waals surface area contributed by atoms with Crippen molar-refractivity contribution in [2.75, 3.05) is 18.2 Å². The zero-order valence-electron chi connectivity index (χ0n) is 14.0. The molecule has 1 aromatic carbocycles. The van der Waals surface area contributed by atoms with E-state index in [2.05, 4.69) is 20.6 Å². The largest absolute Gasteiger partial charge is 0.497 e. The zero-order chi connectivity index (χ0) is 17.8. The Labute approximate surface area is 148 Å². The van der Waals surface area contributed by atoms with Gasteiger partial charge in [0.2, 0.25) is 5.91 Å². The Kier molecular flexibility index (Phi) is 5.03. The molecule has 2 aromatic heterocycles. The third kappa shape index (κ3) is 4.18. The van der Waals surface area contributed by atoms with Crippen molar-refractivity contribution in [1.82, 2.24) is 20.0 Å². The van der Waals surface area contributed by atoms with Gasteiger partial charge >= 0.3 is 6.01 Å². The maximum atomic E-state index is 12.0. The molecule has 0 aliphatic rings. The van der Waals surface area contributed by atoms with Crippen LogP contribution in [0.25, 0.3) is 11.6 Å². The van der Waals surface area contributed by atoms with Crippen molar-refractivity contribution in [3.63, 3.8) is 0 Å². The van der Waals surface area contributed by atoms with E-state index in [4.69, 9.17) is 9.15 Å². The molecule has 1 N–H and O–H groups in total. The van der Waals surface area contributed by atoms with Crippen molar-refractivity contribution >= 4 is 23.7 Å². The first-order valence-electron chi connectivity index (χ1n) is 7.46. The van der Waals surface area contributed by atoms with Crippen LogP contribution >= 0.6 is 11.8 Å². The van der Waals surface area contributed by atoms with Gasteiger partial charge in [-0.05, 0) is 37.3 Å². The number of aromatic nitrogens is 4. The standard InChI is InChI=1S/C16H17N5O3S/c1-10-8-13(21(2)20-10)15-18-19-16(24-15)17-14(22)9-25-12-6-4-11(23-3)5-7-12/h4-8H,9H2,1-3H3,(H,17,19,22). The summed E-state index contributed by atoms with van der Waals surface area (Å²) in [5, 5.41) is 14.6. The number of carbonyl (C=O) groups is 1. The fraction of sp³-hybridized carbons (Fsp3) is 0.250. The Balaban J connectivity index is 1.57. The molecule has 0 aliphatic heterocycles. The quantitative estimate of drug-likeness (QED) is 0.676. The molecular formula is C16H17N5O3S. The molecule has 0 saturated heterocycles. The molecule has 0 aliphatic carbocycles. The number of rotatable bonds is 6. The summed E-state index contributed by atoms with van der Waals surface area (Å²) < 4.78 is 12.2. The van der Waals surface area contributed by atoms with Crippen LogP contribution < -0.4 is 10.1 Å². The van der Waals surface area contributed by atoms with E-state index >= 15 is 0 Å². The van der Waals surface area contributed by atoms with Gasteiger partial charge in [-0.15, -0.1) is 16.9 Å². The smallest absolute Gasteiger partial charge is 0.322 e. The van der Waals surface area contributed by atoms with Crippen LogP contribution in [0, 0.1) is 6.92 Å². The number of thioether (sulfide) groups is 1. The summed E-state index contributed by atoms with van der Waals surface area (Å²) in [5.41, 5.74) is 1.54. The van der Waals surface area contributed by atoms with Crippen LogP contribution in [0.3, 0.4) is 0 Å². The number of nitrogens with zero attached hydrogens (tertiary/aromatic N) is 4. The summed E-state index contributed by atoms with van der Waals surface area (Å²) in [6, 6.07) is 9.38. The fourth-order valence-electron chi connectivity index (χ4n) is 2.16. The van der Waals surface area contributed by atoms with E-state index in [1.54, 1.807) is 18.8 Å². The molecule has 0 radical (unpaired) electrons. The highest BCUT2D eigenvalue weighted by Crippen LogP contribution is 2.22. The molecule has 0 bridgehead atoms. The SMILES string of the molecule is COc1ccc(SCC(=O)Nc2nnc(-c3cc(C)nn3C)o2)cc1. The highest BCUT2D eigenvalue weighted by atomic mass is 32.2. The van der Waals surface area contributed by atoms with E-state index in [1.165, 1.54) is 11.8 Å². The van der Waals surface area contributed by atoms with Gasteiger partial charge in [0.05, 0.1) is 18.6 Å². The topological polar surface area (TPSA) is 95.1 Å². The maximum absolute atomic E-state index is 12.0. The number of nitrogens with one attached hydrogen (secondary N) is 1. The lowest BCUT2D eigenvalue weighted by molar-refractivity contribution is -0.113. The normalized spacial score (nSPS) is 10.7. The fourth-order valence-corrected chi connectivity index (χ4v) is 2.86. The molecule has 9 heteroatoms. The van der Waals surface area contributed by atoms with E-state index in [0.717, 1.165) is 16.3 Å². The maximum Gasteiger partial charge on any atom is 0.322 e. The van der Waals surface area contributed by atoms with Gasteiger partial charge in [0.15, 0.2) is 0 Å². The summed E-state index contributed by atoms with van der Waals surface area (Å²) in [6.45, 7) is 1.87. The second-order valence-electron chi connectivity index (χ2n) is 5.22. The van der Waals surface area contributed by atoms with E-state index in [0.29, 0.717) is 11.6 Å². The highest BCUT2D eigenvalue weighted by Gasteiger charge is 2.15. The summed E-state index contributed by atoms with van der Waals surface area (Å²) >= 11 is 1.40. The Hall–Kier alpha value is -2.81. The third-order valence-corrected chi connectivity index (χ3v) is 4.33. The van der Waals surface area contributed by atoms with Crippen molar-refractivity contribution in [2.45, 2.75) is 11.8 Å². The number of aryl methyl sites for hydroxylation is 2. The predicted molar refractivity (Wildman–Crippen MR) is 93.6 cm³/mol. The number of anilines is 1. The second kappa shape index (κ2) is 7.39. The van der Waals surface area contributed by atoms with Crippen molar-refractivity contribution in [1.29, 1.82) is 0 Å².